The van der Waals surface area contributed by atoms with E-state index in [-0.39, 0.29) is 11.6 Å². The standard InChI is InChI=1S/C20H21NO3/c1-11-9-16-12(2)14(4)24-19(16)17(10-11)13(3)21-18-8-6-5-7-15(18)20(22)23/h5-10,13,21H,1-4H3,(H,22,23). The molecular weight excluding hydrogens is 302 g/mol. The van der Waals surface area contributed by atoms with Gasteiger partial charge in [-0.2, -0.15) is 0 Å². The van der Waals surface area contributed by atoms with Gasteiger partial charge in [0.1, 0.15) is 11.3 Å². The Bertz CT molecular complexity index is 924. The first kappa shape index (κ1) is 16.1. The molecule has 0 bridgehead atoms. The molecule has 0 spiro atoms. The molecule has 24 heavy (non-hydrogen) atoms. The van der Waals surface area contributed by atoms with E-state index in [4.69, 9.17) is 4.42 Å². The summed E-state index contributed by atoms with van der Waals surface area (Å²) in [5, 5.41) is 13.8. The molecule has 4 heteroatoms. The van der Waals surface area contributed by atoms with Gasteiger partial charge >= 0.3 is 5.97 Å². The van der Waals surface area contributed by atoms with Crippen LogP contribution in [0.3, 0.4) is 0 Å². The van der Waals surface area contributed by atoms with E-state index in [0.29, 0.717) is 5.69 Å². The van der Waals surface area contributed by atoms with Gasteiger partial charge < -0.3 is 14.8 Å². The fraction of sp³-hybridized carbons (Fsp3) is 0.250. The predicted molar refractivity (Wildman–Crippen MR) is 95.9 cm³/mol. The lowest BCUT2D eigenvalue weighted by Gasteiger charge is -2.18. The summed E-state index contributed by atoms with van der Waals surface area (Å²) < 4.78 is 5.97. The maximum atomic E-state index is 11.4. The molecule has 2 aromatic carbocycles. The molecule has 3 aromatic rings. The van der Waals surface area contributed by atoms with E-state index in [9.17, 15) is 9.90 Å². The number of carbonyl (C=O) groups is 1. The lowest BCUT2D eigenvalue weighted by atomic mass is 10.00. The summed E-state index contributed by atoms with van der Waals surface area (Å²) in [5.41, 5.74) is 5.06. The Morgan fingerprint density at radius 1 is 1.17 bits per heavy atom. The average Bonchev–Trinajstić information content (AvgIpc) is 2.82. The van der Waals surface area contributed by atoms with Gasteiger partial charge in [0, 0.05) is 16.6 Å². The molecule has 1 heterocycles. The van der Waals surface area contributed by atoms with Crippen LogP contribution in [0.25, 0.3) is 11.0 Å². The molecule has 0 saturated carbocycles. The van der Waals surface area contributed by atoms with Gasteiger partial charge in [-0.15, -0.1) is 0 Å². The molecule has 0 saturated heterocycles. The molecule has 0 aliphatic rings. The third-order valence-electron chi connectivity index (χ3n) is 4.45. The summed E-state index contributed by atoms with van der Waals surface area (Å²) >= 11 is 0. The topological polar surface area (TPSA) is 62.5 Å². The van der Waals surface area contributed by atoms with Crippen molar-refractivity contribution in [2.24, 2.45) is 0 Å². The maximum absolute atomic E-state index is 11.4. The number of aromatic carboxylic acids is 1. The number of benzene rings is 2. The Morgan fingerprint density at radius 3 is 2.58 bits per heavy atom. The minimum Gasteiger partial charge on any atom is -0.478 e. The van der Waals surface area contributed by atoms with Crippen LogP contribution >= 0.6 is 0 Å². The van der Waals surface area contributed by atoms with E-state index in [0.717, 1.165) is 33.4 Å². The number of carboxylic acid groups (broad SMARTS) is 1. The fourth-order valence-electron chi connectivity index (χ4n) is 3.04. The van der Waals surface area contributed by atoms with Crippen molar-refractivity contribution in [1.82, 2.24) is 0 Å². The zero-order valence-electron chi connectivity index (χ0n) is 14.3. The van der Waals surface area contributed by atoms with E-state index >= 15 is 0 Å². The monoisotopic (exact) mass is 323 g/mol. The quantitative estimate of drug-likeness (QED) is 0.690. The van der Waals surface area contributed by atoms with Crippen LogP contribution in [0.2, 0.25) is 0 Å². The van der Waals surface area contributed by atoms with Crippen molar-refractivity contribution in [3.05, 3.63) is 64.4 Å². The van der Waals surface area contributed by atoms with Gasteiger partial charge in [-0.25, -0.2) is 4.79 Å². The zero-order chi connectivity index (χ0) is 17.4. The van der Waals surface area contributed by atoms with Crippen LogP contribution < -0.4 is 5.32 Å². The van der Waals surface area contributed by atoms with Crippen LogP contribution in [0.15, 0.2) is 40.8 Å². The second kappa shape index (κ2) is 6.04. The number of nitrogens with one attached hydrogen (secondary N) is 1. The molecular formula is C20H21NO3. The second-order valence-corrected chi connectivity index (χ2v) is 6.23. The van der Waals surface area contributed by atoms with Gasteiger partial charge in [-0.05, 0) is 57.0 Å². The van der Waals surface area contributed by atoms with Crippen LogP contribution in [0.1, 0.15) is 45.8 Å². The van der Waals surface area contributed by atoms with E-state index in [1.165, 1.54) is 0 Å². The van der Waals surface area contributed by atoms with Crippen molar-refractivity contribution in [1.29, 1.82) is 0 Å². The highest BCUT2D eigenvalue weighted by atomic mass is 16.4. The van der Waals surface area contributed by atoms with Crippen molar-refractivity contribution in [2.45, 2.75) is 33.7 Å². The first-order valence-corrected chi connectivity index (χ1v) is 7.97. The van der Waals surface area contributed by atoms with Gasteiger partial charge in [0.15, 0.2) is 0 Å². The predicted octanol–water partition coefficient (Wildman–Crippen LogP) is 5.23. The Labute approximate surface area is 141 Å². The van der Waals surface area contributed by atoms with Crippen molar-refractivity contribution in [3.63, 3.8) is 0 Å². The fourth-order valence-corrected chi connectivity index (χ4v) is 3.04. The lowest BCUT2D eigenvalue weighted by Crippen LogP contribution is -2.11. The summed E-state index contributed by atoms with van der Waals surface area (Å²) in [7, 11) is 0. The summed E-state index contributed by atoms with van der Waals surface area (Å²) in [6.45, 7) is 8.09. The number of aryl methyl sites for hydroxylation is 3. The first-order chi connectivity index (χ1) is 11.4. The molecule has 0 fully saturated rings. The molecule has 4 nitrogen and oxygen atoms in total. The highest BCUT2D eigenvalue weighted by Crippen LogP contribution is 2.33. The van der Waals surface area contributed by atoms with E-state index < -0.39 is 5.97 Å². The van der Waals surface area contributed by atoms with Crippen molar-refractivity contribution >= 4 is 22.6 Å². The van der Waals surface area contributed by atoms with Crippen LogP contribution in [0.5, 0.6) is 0 Å². The van der Waals surface area contributed by atoms with E-state index in [2.05, 4.69) is 31.3 Å². The van der Waals surface area contributed by atoms with Gasteiger partial charge in [-0.1, -0.05) is 18.2 Å². The van der Waals surface area contributed by atoms with Crippen LogP contribution in [0, 0.1) is 20.8 Å². The largest absolute Gasteiger partial charge is 0.478 e. The van der Waals surface area contributed by atoms with Crippen molar-refractivity contribution < 1.29 is 14.3 Å². The molecule has 2 N–H and O–H groups in total. The number of hydrogen-bond donors (Lipinski definition) is 2. The SMILES string of the molecule is Cc1cc(C(C)Nc2ccccc2C(=O)O)c2oc(C)c(C)c2c1. The summed E-state index contributed by atoms with van der Waals surface area (Å²) in [4.78, 5) is 11.4. The van der Waals surface area contributed by atoms with Crippen LogP contribution in [0.4, 0.5) is 5.69 Å². The Morgan fingerprint density at radius 2 is 1.88 bits per heavy atom. The number of carboxylic acids is 1. The van der Waals surface area contributed by atoms with Crippen molar-refractivity contribution in [3.8, 4) is 0 Å². The molecule has 0 aliphatic heterocycles. The number of hydrogen-bond acceptors (Lipinski definition) is 3. The van der Waals surface area contributed by atoms with Crippen LogP contribution in [-0.4, -0.2) is 11.1 Å². The Balaban J connectivity index is 2.05. The van der Waals surface area contributed by atoms with Gasteiger partial charge in [0.05, 0.1) is 11.6 Å². The smallest absolute Gasteiger partial charge is 0.337 e. The molecule has 1 aromatic heterocycles. The summed E-state index contributed by atoms with van der Waals surface area (Å²) in [5.74, 6) is -0.0284. The second-order valence-electron chi connectivity index (χ2n) is 6.23. The summed E-state index contributed by atoms with van der Waals surface area (Å²) in [6.07, 6.45) is 0. The molecule has 1 unspecified atom stereocenters. The lowest BCUT2D eigenvalue weighted by molar-refractivity contribution is 0.0698. The number of para-hydroxylation sites is 1. The maximum Gasteiger partial charge on any atom is 0.337 e. The Hall–Kier alpha value is -2.75. The summed E-state index contributed by atoms with van der Waals surface area (Å²) in [6, 6.07) is 11.1. The first-order valence-electron chi connectivity index (χ1n) is 7.97. The number of fused-ring (bicyclic) bond motifs is 1. The number of rotatable bonds is 4. The molecule has 3 rings (SSSR count). The third-order valence-corrected chi connectivity index (χ3v) is 4.45. The van der Waals surface area contributed by atoms with Gasteiger partial charge in [-0.3, -0.25) is 0 Å². The zero-order valence-corrected chi connectivity index (χ0v) is 14.3. The highest BCUT2D eigenvalue weighted by molar-refractivity contribution is 5.94. The highest BCUT2D eigenvalue weighted by Gasteiger charge is 2.18. The van der Waals surface area contributed by atoms with Gasteiger partial charge in [0.25, 0.3) is 0 Å². The molecule has 0 radical (unpaired) electrons. The Kier molecular flexibility index (Phi) is 4.06. The molecule has 0 amide bonds. The minimum absolute atomic E-state index is 0.0853. The average molecular weight is 323 g/mol. The normalized spacial score (nSPS) is 12.3. The minimum atomic E-state index is -0.940. The van der Waals surface area contributed by atoms with E-state index in [1.807, 2.05) is 19.9 Å². The number of anilines is 1. The van der Waals surface area contributed by atoms with Crippen molar-refractivity contribution in [2.75, 3.05) is 5.32 Å². The van der Waals surface area contributed by atoms with E-state index in [1.54, 1.807) is 18.2 Å². The van der Waals surface area contributed by atoms with Crippen LogP contribution in [-0.2, 0) is 0 Å². The molecule has 0 aliphatic carbocycles. The molecule has 124 valence electrons. The number of furan rings is 1. The van der Waals surface area contributed by atoms with Gasteiger partial charge in [0.2, 0.25) is 0 Å². The third kappa shape index (κ3) is 2.75. The molecule has 1 atom stereocenters.